The first kappa shape index (κ1) is 12.6. The standard InChI is InChI=1S/C13H21NO3/c1-3-8(2)14-6-10-4-9(13(16)17)5-11(7-14)12(10)15/h8-11H,3-7H2,1-2H3,(H,16,17). The lowest BCUT2D eigenvalue weighted by molar-refractivity contribution is -0.149. The van der Waals surface area contributed by atoms with Crippen LogP contribution in [0.4, 0.5) is 0 Å². The van der Waals surface area contributed by atoms with Gasteiger partial charge in [0.05, 0.1) is 5.92 Å². The summed E-state index contributed by atoms with van der Waals surface area (Å²) in [6.07, 6.45) is 2.16. The Kier molecular flexibility index (Phi) is 3.52. The van der Waals surface area contributed by atoms with Crippen molar-refractivity contribution in [2.45, 2.75) is 39.2 Å². The highest BCUT2D eigenvalue weighted by Gasteiger charge is 2.44. The van der Waals surface area contributed by atoms with E-state index in [1.165, 1.54) is 0 Å². The molecule has 1 saturated heterocycles. The molecule has 0 spiro atoms. The average molecular weight is 239 g/mol. The van der Waals surface area contributed by atoms with Crippen molar-refractivity contribution >= 4 is 11.8 Å². The van der Waals surface area contributed by atoms with E-state index in [2.05, 4.69) is 18.7 Å². The molecule has 2 aliphatic rings. The maximum atomic E-state index is 12.0. The van der Waals surface area contributed by atoms with E-state index in [0.717, 1.165) is 19.5 Å². The molecule has 2 fully saturated rings. The van der Waals surface area contributed by atoms with Crippen LogP contribution in [-0.2, 0) is 9.59 Å². The zero-order chi connectivity index (χ0) is 12.6. The number of carboxylic acids is 1. The fourth-order valence-corrected chi connectivity index (χ4v) is 3.14. The molecule has 2 bridgehead atoms. The van der Waals surface area contributed by atoms with Crippen LogP contribution in [0, 0.1) is 17.8 Å². The Morgan fingerprint density at radius 1 is 1.41 bits per heavy atom. The fraction of sp³-hybridized carbons (Fsp3) is 0.846. The number of piperidine rings is 1. The summed E-state index contributed by atoms with van der Waals surface area (Å²) in [5.74, 6) is -0.816. The first-order chi connectivity index (χ1) is 8.02. The highest BCUT2D eigenvalue weighted by molar-refractivity contribution is 5.87. The molecular formula is C13H21NO3. The number of likely N-dealkylation sites (tertiary alicyclic amines) is 1. The zero-order valence-corrected chi connectivity index (χ0v) is 10.6. The number of carboxylic acid groups (broad SMARTS) is 1. The predicted molar refractivity (Wildman–Crippen MR) is 63.7 cm³/mol. The monoisotopic (exact) mass is 239 g/mol. The van der Waals surface area contributed by atoms with Gasteiger partial charge in [-0.1, -0.05) is 6.92 Å². The number of ketones is 1. The van der Waals surface area contributed by atoms with E-state index >= 15 is 0 Å². The molecule has 0 aromatic carbocycles. The second kappa shape index (κ2) is 4.77. The smallest absolute Gasteiger partial charge is 0.306 e. The van der Waals surface area contributed by atoms with Crippen molar-refractivity contribution in [1.29, 1.82) is 0 Å². The SMILES string of the molecule is CCC(C)N1CC2CC(C(=O)O)CC(C1)C2=O. The third kappa shape index (κ3) is 2.37. The summed E-state index contributed by atoms with van der Waals surface area (Å²) in [7, 11) is 0. The second-order valence-electron chi connectivity index (χ2n) is 5.51. The molecule has 3 atom stereocenters. The molecule has 1 N–H and O–H groups in total. The highest BCUT2D eigenvalue weighted by Crippen LogP contribution is 2.36. The van der Waals surface area contributed by atoms with Gasteiger partial charge < -0.3 is 5.11 Å². The lowest BCUT2D eigenvalue weighted by atomic mass is 9.71. The van der Waals surface area contributed by atoms with E-state index < -0.39 is 5.97 Å². The van der Waals surface area contributed by atoms with Gasteiger partial charge in [-0.15, -0.1) is 0 Å². The quantitative estimate of drug-likeness (QED) is 0.808. The Bertz CT molecular complexity index is 311. The van der Waals surface area contributed by atoms with E-state index in [1.807, 2.05) is 0 Å². The molecule has 1 aliphatic heterocycles. The minimum absolute atomic E-state index is 0.0439. The van der Waals surface area contributed by atoms with Crippen molar-refractivity contribution < 1.29 is 14.7 Å². The molecule has 4 nitrogen and oxygen atoms in total. The summed E-state index contributed by atoms with van der Waals surface area (Å²) in [6, 6.07) is 0.495. The van der Waals surface area contributed by atoms with Gasteiger partial charge in [-0.2, -0.15) is 0 Å². The molecule has 0 amide bonds. The summed E-state index contributed by atoms with van der Waals surface area (Å²) in [4.78, 5) is 25.4. The molecule has 1 heterocycles. The molecule has 1 aliphatic carbocycles. The number of hydrogen-bond donors (Lipinski definition) is 1. The minimum Gasteiger partial charge on any atom is -0.481 e. The minimum atomic E-state index is -0.732. The molecule has 96 valence electrons. The summed E-state index contributed by atoms with van der Waals surface area (Å²) in [5.41, 5.74) is 0. The lowest BCUT2D eigenvalue weighted by Gasteiger charge is -2.44. The maximum absolute atomic E-state index is 12.0. The summed E-state index contributed by atoms with van der Waals surface area (Å²) >= 11 is 0. The zero-order valence-electron chi connectivity index (χ0n) is 10.6. The number of aliphatic carboxylic acids is 1. The van der Waals surface area contributed by atoms with Crippen LogP contribution in [0.5, 0.6) is 0 Å². The largest absolute Gasteiger partial charge is 0.481 e. The number of carbonyl (C=O) groups is 2. The van der Waals surface area contributed by atoms with Crippen molar-refractivity contribution in [3.63, 3.8) is 0 Å². The first-order valence-corrected chi connectivity index (χ1v) is 6.53. The third-order valence-electron chi connectivity index (χ3n) is 4.42. The van der Waals surface area contributed by atoms with Gasteiger partial charge >= 0.3 is 5.97 Å². The van der Waals surface area contributed by atoms with Gasteiger partial charge in [-0.25, -0.2) is 0 Å². The van der Waals surface area contributed by atoms with Crippen LogP contribution in [0.3, 0.4) is 0 Å². The van der Waals surface area contributed by atoms with Gasteiger partial charge in [-0.05, 0) is 26.2 Å². The predicted octanol–water partition coefficient (Wildman–Crippen LogP) is 1.40. The fourth-order valence-electron chi connectivity index (χ4n) is 3.14. The number of Topliss-reactive ketones (excluding diaryl/α,β-unsaturated/α-hetero) is 1. The average Bonchev–Trinajstić information content (AvgIpc) is 2.27. The van der Waals surface area contributed by atoms with Crippen LogP contribution in [0.2, 0.25) is 0 Å². The van der Waals surface area contributed by atoms with E-state index in [-0.39, 0.29) is 17.8 Å². The molecule has 4 heteroatoms. The first-order valence-electron chi connectivity index (χ1n) is 6.53. The molecule has 1 saturated carbocycles. The Hall–Kier alpha value is -0.900. The van der Waals surface area contributed by atoms with Crippen molar-refractivity contribution in [2.24, 2.45) is 17.8 Å². The highest BCUT2D eigenvalue weighted by atomic mass is 16.4. The number of rotatable bonds is 3. The molecular weight excluding hydrogens is 218 g/mol. The maximum Gasteiger partial charge on any atom is 0.306 e. The van der Waals surface area contributed by atoms with Crippen LogP contribution < -0.4 is 0 Å². The number of hydrogen-bond acceptors (Lipinski definition) is 3. The van der Waals surface area contributed by atoms with Gasteiger partial charge in [0.15, 0.2) is 0 Å². The van der Waals surface area contributed by atoms with E-state index in [4.69, 9.17) is 5.11 Å². The van der Waals surface area contributed by atoms with Crippen molar-refractivity contribution in [3.8, 4) is 0 Å². The van der Waals surface area contributed by atoms with Gasteiger partial charge in [0, 0.05) is 31.0 Å². The summed E-state index contributed by atoms with van der Waals surface area (Å²) < 4.78 is 0. The molecule has 0 radical (unpaired) electrons. The van der Waals surface area contributed by atoms with Crippen LogP contribution in [0.15, 0.2) is 0 Å². The van der Waals surface area contributed by atoms with Crippen molar-refractivity contribution in [2.75, 3.05) is 13.1 Å². The number of fused-ring (bicyclic) bond motifs is 2. The third-order valence-corrected chi connectivity index (χ3v) is 4.42. The Morgan fingerprint density at radius 3 is 2.35 bits per heavy atom. The van der Waals surface area contributed by atoms with Crippen LogP contribution in [-0.4, -0.2) is 40.9 Å². The molecule has 17 heavy (non-hydrogen) atoms. The number of nitrogens with zero attached hydrogens (tertiary/aromatic N) is 1. The van der Waals surface area contributed by atoms with Gasteiger partial charge in [0.1, 0.15) is 5.78 Å². The van der Waals surface area contributed by atoms with Crippen LogP contribution in [0.1, 0.15) is 33.1 Å². The Labute approximate surface area is 102 Å². The molecule has 0 aromatic rings. The Morgan fingerprint density at radius 2 is 1.94 bits per heavy atom. The van der Waals surface area contributed by atoms with E-state index in [0.29, 0.717) is 24.7 Å². The van der Waals surface area contributed by atoms with E-state index in [1.54, 1.807) is 0 Å². The van der Waals surface area contributed by atoms with E-state index in [9.17, 15) is 9.59 Å². The normalized spacial score (nSPS) is 35.6. The number of carbonyl (C=O) groups excluding carboxylic acids is 1. The molecule has 0 aromatic heterocycles. The van der Waals surface area contributed by atoms with Crippen molar-refractivity contribution in [3.05, 3.63) is 0 Å². The van der Waals surface area contributed by atoms with Gasteiger partial charge in [0.2, 0.25) is 0 Å². The van der Waals surface area contributed by atoms with Gasteiger partial charge in [0.25, 0.3) is 0 Å². The van der Waals surface area contributed by atoms with Gasteiger partial charge in [-0.3, -0.25) is 14.5 Å². The second-order valence-corrected chi connectivity index (χ2v) is 5.51. The van der Waals surface area contributed by atoms with Crippen LogP contribution >= 0.6 is 0 Å². The van der Waals surface area contributed by atoms with Crippen LogP contribution in [0.25, 0.3) is 0 Å². The summed E-state index contributed by atoms with van der Waals surface area (Å²) in [6.45, 7) is 5.85. The Balaban J connectivity index is 2.08. The molecule has 2 rings (SSSR count). The lowest BCUT2D eigenvalue weighted by Crippen LogP contribution is -2.54. The summed E-state index contributed by atoms with van der Waals surface area (Å²) in [5, 5.41) is 9.08. The molecule has 3 unspecified atom stereocenters. The topological polar surface area (TPSA) is 57.6 Å². The van der Waals surface area contributed by atoms with Crippen molar-refractivity contribution in [1.82, 2.24) is 4.90 Å².